The van der Waals surface area contributed by atoms with Crippen LogP contribution >= 0.6 is 24.8 Å². The van der Waals surface area contributed by atoms with E-state index in [2.05, 4.69) is 11.8 Å². The number of piperazine rings is 1. The minimum Gasteiger partial charge on any atom is -0.342 e. The fourth-order valence-electron chi connectivity index (χ4n) is 5.03. The van der Waals surface area contributed by atoms with Crippen molar-refractivity contribution in [2.75, 3.05) is 45.8 Å². The molecule has 0 radical (unpaired) electrons. The van der Waals surface area contributed by atoms with E-state index in [-0.39, 0.29) is 42.2 Å². The fourth-order valence-corrected chi connectivity index (χ4v) is 5.03. The normalized spacial score (nSPS) is 29.0. The Balaban J connectivity index is 0.00000210. The summed E-state index contributed by atoms with van der Waals surface area (Å²) in [4.78, 5) is 32.0. The van der Waals surface area contributed by atoms with Gasteiger partial charge in [0.25, 0.3) is 0 Å². The molecule has 0 aromatic carbocycles. The van der Waals surface area contributed by atoms with Crippen molar-refractivity contribution in [1.29, 1.82) is 0 Å². The summed E-state index contributed by atoms with van der Waals surface area (Å²) in [5, 5.41) is 0. The third-order valence-corrected chi connectivity index (χ3v) is 7.11. The van der Waals surface area contributed by atoms with Crippen LogP contribution in [0.4, 0.5) is 0 Å². The fraction of sp³-hybridized carbons (Fsp3) is 0.905. The van der Waals surface area contributed by atoms with Crippen molar-refractivity contribution in [3.63, 3.8) is 0 Å². The Kier molecular flexibility index (Phi) is 10.7. The van der Waals surface area contributed by atoms with Crippen molar-refractivity contribution in [1.82, 2.24) is 14.7 Å². The summed E-state index contributed by atoms with van der Waals surface area (Å²) in [5.41, 5.74) is 6.07. The molecule has 2 saturated heterocycles. The lowest BCUT2D eigenvalue weighted by Gasteiger charge is -2.42. The second-order valence-electron chi connectivity index (χ2n) is 9.09. The third-order valence-electron chi connectivity index (χ3n) is 7.11. The van der Waals surface area contributed by atoms with E-state index in [9.17, 15) is 9.59 Å². The van der Waals surface area contributed by atoms with Gasteiger partial charge in [0.05, 0.1) is 5.92 Å². The van der Waals surface area contributed by atoms with E-state index in [1.807, 2.05) is 16.7 Å². The molecular weight excluding hydrogens is 411 g/mol. The van der Waals surface area contributed by atoms with Crippen LogP contribution in [-0.2, 0) is 9.59 Å². The van der Waals surface area contributed by atoms with Gasteiger partial charge in [-0.3, -0.25) is 9.59 Å². The zero-order chi connectivity index (χ0) is 19.4. The van der Waals surface area contributed by atoms with Crippen LogP contribution in [-0.4, -0.2) is 77.9 Å². The molecule has 1 aliphatic carbocycles. The quantitative estimate of drug-likeness (QED) is 0.713. The Morgan fingerprint density at radius 2 is 1.55 bits per heavy atom. The minimum absolute atomic E-state index is 0. The van der Waals surface area contributed by atoms with Crippen molar-refractivity contribution in [2.45, 2.75) is 64.3 Å². The monoisotopic (exact) mass is 450 g/mol. The second-order valence-corrected chi connectivity index (χ2v) is 9.09. The first-order valence-electron chi connectivity index (χ1n) is 11.0. The van der Waals surface area contributed by atoms with Crippen LogP contribution in [0.15, 0.2) is 0 Å². The smallest absolute Gasteiger partial charge is 0.227 e. The number of likely N-dealkylation sites (N-methyl/N-ethyl adjacent to an activating group) is 1. The van der Waals surface area contributed by atoms with E-state index in [0.717, 1.165) is 84.3 Å². The first-order valence-corrected chi connectivity index (χ1v) is 11.0. The highest BCUT2D eigenvalue weighted by atomic mass is 35.5. The molecule has 8 heteroatoms. The lowest BCUT2D eigenvalue weighted by atomic mass is 9.73. The van der Waals surface area contributed by atoms with Gasteiger partial charge >= 0.3 is 0 Å². The standard InChI is InChI=1S/C21H38N4O2.2ClH/c1-3-23-12-14-24(15-13-23)19(26)16-17-7-10-25(11-8-17)20(27)18-6-4-5-9-21(18,2)22;;/h17-18H,3-16,22H2,1-2H3;2*1H. The van der Waals surface area contributed by atoms with Gasteiger partial charge in [0.15, 0.2) is 0 Å². The Morgan fingerprint density at radius 3 is 2.10 bits per heavy atom. The number of carbonyl (C=O) groups is 2. The SMILES string of the molecule is CCN1CCN(C(=O)CC2CCN(C(=O)C3CCCCC3(C)N)CC2)CC1.Cl.Cl. The summed E-state index contributed by atoms with van der Waals surface area (Å²) in [6, 6.07) is 0. The van der Waals surface area contributed by atoms with Gasteiger partial charge in [-0.1, -0.05) is 19.8 Å². The summed E-state index contributed by atoms with van der Waals surface area (Å²) in [7, 11) is 0. The second kappa shape index (κ2) is 11.7. The molecule has 3 aliphatic rings. The van der Waals surface area contributed by atoms with Crippen molar-refractivity contribution < 1.29 is 9.59 Å². The molecule has 0 aromatic rings. The third kappa shape index (κ3) is 6.71. The molecule has 6 nitrogen and oxygen atoms in total. The van der Waals surface area contributed by atoms with Crippen LogP contribution in [0.5, 0.6) is 0 Å². The van der Waals surface area contributed by atoms with Crippen molar-refractivity contribution >= 4 is 36.6 Å². The van der Waals surface area contributed by atoms with E-state index in [0.29, 0.717) is 18.2 Å². The van der Waals surface area contributed by atoms with Crippen LogP contribution in [0.25, 0.3) is 0 Å². The summed E-state index contributed by atoms with van der Waals surface area (Å²) >= 11 is 0. The van der Waals surface area contributed by atoms with Gasteiger partial charge in [-0.2, -0.15) is 0 Å². The predicted molar refractivity (Wildman–Crippen MR) is 122 cm³/mol. The molecule has 3 fully saturated rings. The molecule has 0 aromatic heterocycles. The van der Waals surface area contributed by atoms with Gasteiger partial charge in [0.2, 0.25) is 11.8 Å². The molecule has 1 saturated carbocycles. The molecule has 2 N–H and O–H groups in total. The Hall–Kier alpha value is -0.560. The van der Waals surface area contributed by atoms with E-state index < -0.39 is 0 Å². The zero-order valence-corrected chi connectivity index (χ0v) is 19.7. The van der Waals surface area contributed by atoms with E-state index >= 15 is 0 Å². The molecule has 2 heterocycles. The number of hydrogen-bond acceptors (Lipinski definition) is 4. The molecule has 2 aliphatic heterocycles. The first kappa shape index (κ1) is 26.5. The summed E-state index contributed by atoms with van der Waals surface area (Å²) < 4.78 is 0. The topological polar surface area (TPSA) is 69.9 Å². The Labute approximate surface area is 188 Å². The Morgan fingerprint density at radius 1 is 0.931 bits per heavy atom. The number of amides is 2. The lowest BCUT2D eigenvalue weighted by Crippen LogP contribution is -2.55. The van der Waals surface area contributed by atoms with Crippen LogP contribution in [0.3, 0.4) is 0 Å². The average molecular weight is 451 g/mol. The van der Waals surface area contributed by atoms with E-state index in [1.165, 1.54) is 0 Å². The van der Waals surface area contributed by atoms with Gasteiger partial charge < -0.3 is 20.4 Å². The van der Waals surface area contributed by atoms with E-state index in [4.69, 9.17) is 5.73 Å². The van der Waals surface area contributed by atoms with Crippen molar-refractivity contribution in [2.24, 2.45) is 17.6 Å². The van der Waals surface area contributed by atoms with Crippen LogP contribution in [0, 0.1) is 11.8 Å². The largest absolute Gasteiger partial charge is 0.342 e. The van der Waals surface area contributed by atoms with Gasteiger partial charge in [-0.25, -0.2) is 0 Å². The van der Waals surface area contributed by atoms with Gasteiger partial charge in [0.1, 0.15) is 0 Å². The molecule has 2 atom stereocenters. The van der Waals surface area contributed by atoms with Crippen molar-refractivity contribution in [3.8, 4) is 0 Å². The van der Waals surface area contributed by atoms with E-state index in [1.54, 1.807) is 0 Å². The van der Waals surface area contributed by atoms with Crippen LogP contribution in [0.2, 0.25) is 0 Å². The number of carbonyl (C=O) groups excluding carboxylic acids is 2. The summed E-state index contributed by atoms with van der Waals surface area (Å²) in [6.45, 7) is 10.6. The minimum atomic E-state index is -0.358. The predicted octanol–water partition coefficient (Wildman–Crippen LogP) is 2.53. The summed E-state index contributed by atoms with van der Waals surface area (Å²) in [6.07, 6.45) is 6.65. The average Bonchev–Trinajstić information content (AvgIpc) is 2.68. The molecule has 2 amide bonds. The lowest BCUT2D eigenvalue weighted by molar-refractivity contribution is -0.140. The number of rotatable bonds is 4. The van der Waals surface area contributed by atoms with Crippen LogP contribution in [0.1, 0.15) is 58.8 Å². The molecule has 0 bridgehead atoms. The zero-order valence-electron chi connectivity index (χ0n) is 18.1. The van der Waals surface area contributed by atoms with Gasteiger partial charge in [0, 0.05) is 51.2 Å². The van der Waals surface area contributed by atoms with Gasteiger partial charge in [-0.05, 0) is 45.1 Å². The van der Waals surface area contributed by atoms with Crippen molar-refractivity contribution in [3.05, 3.63) is 0 Å². The number of likely N-dealkylation sites (tertiary alicyclic amines) is 1. The molecule has 2 unspecified atom stereocenters. The molecule has 29 heavy (non-hydrogen) atoms. The highest BCUT2D eigenvalue weighted by Gasteiger charge is 2.40. The molecule has 3 rings (SSSR count). The maximum absolute atomic E-state index is 13.0. The molecular formula is C21H40Cl2N4O2. The van der Waals surface area contributed by atoms with Crippen LogP contribution < -0.4 is 5.73 Å². The Bertz CT molecular complexity index is 531. The first-order chi connectivity index (χ1) is 12.9. The number of halogens is 2. The number of hydrogen-bond donors (Lipinski definition) is 1. The highest BCUT2D eigenvalue weighted by molar-refractivity contribution is 5.85. The molecule has 170 valence electrons. The maximum atomic E-state index is 13.0. The van der Waals surface area contributed by atoms with Gasteiger partial charge in [-0.15, -0.1) is 24.8 Å². The summed E-state index contributed by atoms with van der Waals surface area (Å²) in [5.74, 6) is 0.943. The number of piperidine rings is 1. The maximum Gasteiger partial charge on any atom is 0.227 e. The molecule has 0 spiro atoms. The highest BCUT2D eigenvalue weighted by Crippen LogP contribution is 2.34. The number of nitrogens with zero attached hydrogens (tertiary/aromatic N) is 3. The number of nitrogens with two attached hydrogens (primary N) is 1.